The van der Waals surface area contributed by atoms with Crippen molar-refractivity contribution in [2.24, 2.45) is 0 Å². The van der Waals surface area contributed by atoms with Gasteiger partial charge in [0.25, 0.3) is 5.69 Å². The summed E-state index contributed by atoms with van der Waals surface area (Å²) in [6, 6.07) is 2.97. The van der Waals surface area contributed by atoms with Gasteiger partial charge < -0.3 is 10.2 Å². The van der Waals surface area contributed by atoms with Gasteiger partial charge in [-0.15, -0.1) is 0 Å². The molecule has 86 valence electrons. The normalized spacial score (nSPS) is 12.1. The standard InChI is InChI=1S/C8H8N2O6/c11-7-3-5(10(15)16)1-2-6(7)8(12)4-9(13)14/h1-3,8,11-12H,4H2. The Morgan fingerprint density at radius 1 is 1.31 bits per heavy atom. The van der Waals surface area contributed by atoms with Gasteiger partial charge in [0.05, 0.1) is 11.0 Å². The molecule has 1 aromatic carbocycles. The van der Waals surface area contributed by atoms with Crippen LogP contribution >= 0.6 is 0 Å². The predicted octanol–water partition coefficient (Wildman–Crippen LogP) is 0.610. The van der Waals surface area contributed by atoms with Crippen molar-refractivity contribution in [2.75, 3.05) is 6.54 Å². The van der Waals surface area contributed by atoms with Crippen molar-refractivity contribution < 1.29 is 20.1 Å². The predicted molar refractivity (Wildman–Crippen MR) is 51.6 cm³/mol. The summed E-state index contributed by atoms with van der Waals surface area (Å²) >= 11 is 0. The Labute approximate surface area is 89.1 Å². The molecule has 0 aliphatic heterocycles. The molecule has 0 saturated carbocycles. The van der Waals surface area contributed by atoms with Crippen LogP contribution in [0.3, 0.4) is 0 Å². The lowest BCUT2D eigenvalue weighted by Gasteiger charge is -2.07. The second kappa shape index (κ2) is 4.53. The molecule has 0 aromatic heterocycles. The molecule has 16 heavy (non-hydrogen) atoms. The first-order valence-corrected chi connectivity index (χ1v) is 4.19. The van der Waals surface area contributed by atoms with E-state index in [1.54, 1.807) is 0 Å². The zero-order chi connectivity index (χ0) is 12.3. The van der Waals surface area contributed by atoms with Crippen molar-refractivity contribution in [1.29, 1.82) is 0 Å². The Morgan fingerprint density at radius 3 is 2.38 bits per heavy atom. The fourth-order valence-corrected chi connectivity index (χ4v) is 1.17. The fourth-order valence-electron chi connectivity index (χ4n) is 1.17. The third-order valence-corrected chi connectivity index (χ3v) is 1.91. The number of rotatable bonds is 4. The molecule has 0 aliphatic carbocycles. The lowest BCUT2D eigenvalue weighted by molar-refractivity contribution is -0.491. The largest absolute Gasteiger partial charge is 0.507 e. The zero-order valence-corrected chi connectivity index (χ0v) is 7.94. The van der Waals surface area contributed by atoms with E-state index in [9.17, 15) is 30.4 Å². The highest BCUT2D eigenvalue weighted by atomic mass is 16.6. The minimum Gasteiger partial charge on any atom is -0.507 e. The molecule has 2 N–H and O–H groups in total. The van der Waals surface area contributed by atoms with Crippen LogP contribution in [0.5, 0.6) is 5.75 Å². The number of aliphatic hydroxyl groups is 1. The van der Waals surface area contributed by atoms with Crippen LogP contribution in [0, 0.1) is 20.2 Å². The molecule has 1 unspecified atom stereocenters. The lowest BCUT2D eigenvalue weighted by atomic mass is 10.1. The molecule has 8 heteroatoms. The molecule has 0 aliphatic rings. The number of hydrogen-bond acceptors (Lipinski definition) is 6. The summed E-state index contributed by atoms with van der Waals surface area (Å²) in [5, 5.41) is 39.1. The molecule has 0 bridgehead atoms. The Balaban J connectivity index is 2.98. The van der Waals surface area contributed by atoms with Crippen molar-refractivity contribution in [1.82, 2.24) is 0 Å². The maximum Gasteiger partial charge on any atom is 0.273 e. The molecule has 0 spiro atoms. The van der Waals surface area contributed by atoms with Crippen LogP contribution < -0.4 is 0 Å². The zero-order valence-electron chi connectivity index (χ0n) is 7.94. The second-order valence-electron chi connectivity index (χ2n) is 3.03. The van der Waals surface area contributed by atoms with E-state index < -0.39 is 28.2 Å². The highest BCUT2D eigenvalue weighted by Gasteiger charge is 2.20. The third-order valence-electron chi connectivity index (χ3n) is 1.91. The maximum atomic E-state index is 10.3. The summed E-state index contributed by atoms with van der Waals surface area (Å²) < 4.78 is 0. The molecular weight excluding hydrogens is 220 g/mol. The minimum absolute atomic E-state index is 0.109. The number of non-ortho nitro benzene ring substituents is 1. The van der Waals surface area contributed by atoms with Crippen LogP contribution in [0.4, 0.5) is 5.69 Å². The summed E-state index contributed by atoms with van der Waals surface area (Å²) in [5.41, 5.74) is -0.461. The quantitative estimate of drug-likeness (QED) is 0.574. The first-order chi connectivity index (χ1) is 7.41. The molecule has 0 radical (unpaired) electrons. The van der Waals surface area contributed by atoms with Gasteiger partial charge in [-0.25, -0.2) is 0 Å². The smallest absolute Gasteiger partial charge is 0.273 e. The van der Waals surface area contributed by atoms with Gasteiger partial charge in [0, 0.05) is 16.6 Å². The third kappa shape index (κ3) is 2.64. The second-order valence-corrected chi connectivity index (χ2v) is 3.03. The maximum absolute atomic E-state index is 10.3. The summed E-state index contributed by atoms with van der Waals surface area (Å²) in [4.78, 5) is 19.0. The lowest BCUT2D eigenvalue weighted by Crippen LogP contribution is -2.11. The average molecular weight is 228 g/mol. The van der Waals surface area contributed by atoms with E-state index in [4.69, 9.17) is 0 Å². The van der Waals surface area contributed by atoms with Gasteiger partial charge in [-0.3, -0.25) is 20.2 Å². The highest BCUT2D eigenvalue weighted by molar-refractivity contribution is 5.44. The van der Waals surface area contributed by atoms with Crippen LogP contribution in [0.2, 0.25) is 0 Å². The van der Waals surface area contributed by atoms with E-state index in [1.165, 1.54) is 0 Å². The molecule has 8 nitrogen and oxygen atoms in total. The molecule has 1 aromatic rings. The van der Waals surface area contributed by atoms with Crippen molar-refractivity contribution in [3.63, 3.8) is 0 Å². The Bertz CT molecular complexity index is 433. The van der Waals surface area contributed by atoms with Crippen molar-refractivity contribution in [3.05, 3.63) is 44.0 Å². The SMILES string of the molecule is O=[N+]([O-])CC(O)c1ccc([N+](=O)[O-])cc1O. The summed E-state index contributed by atoms with van der Waals surface area (Å²) in [7, 11) is 0. The Kier molecular flexibility index (Phi) is 3.36. The molecule has 0 heterocycles. The molecule has 0 fully saturated rings. The first kappa shape index (κ1) is 11.9. The molecule has 0 amide bonds. The van der Waals surface area contributed by atoms with Crippen LogP contribution in [0.25, 0.3) is 0 Å². The van der Waals surface area contributed by atoms with E-state index in [1.807, 2.05) is 0 Å². The summed E-state index contributed by atoms with van der Waals surface area (Å²) in [6.45, 7) is -0.772. The van der Waals surface area contributed by atoms with Crippen LogP contribution in [-0.2, 0) is 0 Å². The Hall–Kier alpha value is -2.22. The molecular formula is C8H8N2O6. The average Bonchev–Trinajstić information content (AvgIpc) is 2.15. The Morgan fingerprint density at radius 2 is 1.94 bits per heavy atom. The summed E-state index contributed by atoms with van der Waals surface area (Å²) in [5.74, 6) is -0.538. The van der Waals surface area contributed by atoms with Crippen molar-refractivity contribution >= 4 is 5.69 Å². The number of nitro groups is 2. The van der Waals surface area contributed by atoms with Crippen molar-refractivity contribution in [3.8, 4) is 5.75 Å². The fraction of sp³-hybridized carbons (Fsp3) is 0.250. The monoisotopic (exact) mass is 228 g/mol. The van der Waals surface area contributed by atoms with Gasteiger partial charge in [-0.2, -0.15) is 0 Å². The van der Waals surface area contributed by atoms with E-state index in [0.717, 1.165) is 18.2 Å². The van der Waals surface area contributed by atoms with Crippen molar-refractivity contribution in [2.45, 2.75) is 6.10 Å². The first-order valence-electron chi connectivity index (χ1n) is 4.19. The minimum atomic E-state index is -1.49. The molecule has 1 rings (SSSR count). The van der Waals surface area contributed by atoms with E-state index in [0.29, 0.717) is 0 Å². The van der Waals surface area contributed by atoms with E-state index in [-0.39, 0.29) is 11.3 Å². The summed E-state index contributed by atoms with van der Waals surface area (Å²) in [6.07, 6.45) is -1.49. The van der Waals surface area contributed by atoms with Gasteiger partial charge in [-0.05, 0) is 6.07 Å². The van der Waals surface area contributed by atoms with Crippen LogP contribution in [-0.4, -0.2) is 26.6 Å². The van der Waals surface area contributed by atoms with E-state index in [2.05, 4.69) is 0 Å². The van der Waals surface area contributed by atoms with Gasteiger partial charge in [0.2, 0.25) is 6.54 Å². The van der Waals surface area contributed by atoms with Gasteiger partial charge in [0.15, 0.2) is 0 Å². The number of hydrogen-bond donors (Lipinski definition) is 2. The highest BCUT2D eigenvalue weighted by Crippen LogP contribution is 2.28. The molecule has 1 atom stereocenters. The van der Waals surface area contributed by atoms with Gasteiger partial charge >= 0.3 is 0 Å². The van der Waals surface area contributed by atoms with Crippen LogP contribution in [0.1, 0.15) is 11.7 Å². The number of benzene rings is 1. The van der Waals surface area contributed by atoms with Gasteiger partial charge in [-0.1, -0.05) is 0 Å². The number of nitrogens with zero attached hydrogens (tertiary/aromatic N) is 2. The molecule has 0 saturated heterocycles. The number of phenols is 1. The number of nitro benzene ring substituents is 1. The van der Waals surface area contributed by atoms with Crippen LogP contribution in [0.15, 0.2) is 18.2 Å². The number of aliphatic hydroxyl groups excluding tert-OH is 1. The van der Waals surface area contributed by atoms with Gasteiger partial charge in [0.1, 0.15) is 11.9 Å². The number of aromatic hydroxyl groups is 1. The number of phenolic OH excluding ortho intramolecular Hbond substituents is 1. The topological polar surface area (TPSA) is 127 Å². The van der Waals surface area contributed by atoms with E-state index >= 15 is 0 Å².